The molecule has 5 heteroatoms. The number of ether oxygens (including phenoxy) is 1. The Hall–Kier alpha value is -2.40. The first-order valence-electron chi connectivity index (χ1n) is 7.44. The molecule has 0 unspecified atom stereocenters. The van der Waals surface area contributed by atoms with Crippen molar-refractivity contribution in [3.8, 4) is 5.75 Å². The molecular weight excluding hydrogens is 373 g/mol. The number of benzene rings is 3. The number of carbonyl (C=O) groups excluding carboxylic acids is 1. The molecular formula is C19H15BrFNO2. The first-order chi connectivity index (χ1) is 11.6. The summed E-state index contributed by atoms with van der Waals surface area (Å²) in [6, 6.07) is 17.7. The number of fused-ring (bicyclic) bond motifs is 1. The van der Waals surface area contributed by atoms with Gasteiger partial charge in [-0.05, 0) is 50.5 Å². The Labute approximate surface area is 147 Å². The lowest BCUT2D eigenvalue weighted by atomic mass is 10.1. The van der Waals surface area contributed by atoms with Crippen LogP contribution >= 0.6 is 15.9 Å². The Bertz CT molecular complexity index is 865. The molecule has 0 saturated heterocycles. The number of amides is 1. The molecule has 1 amide bonds. The third-order valence-electron chi connectivity index (χ3n) is 3.59. The van der Waals surface area contributed by atoms with Gasteiger partial charge in [0.25, 0.3) is 5.91 Å². The fourth-order valence-electron chi connectivity index (χ4n) is 2.32. The molecule has 3 aromatic carbocycles. The predicted molar refractivity (Wildman–Crippen MR) is 95.4 cm³/mol. The minimum atomic E-state index is -0.297. The van der Waals surface area contributed by atoms with Crippen molar-refractivity contribution in [2.45, 2.75) is 6.54 Å². The molecule has 0 radical (unpaired) electrons. The average molecular weight is 388 g/mol. The van der Waals surface area contributed by atoms with Crippen molar-refractivity contribution in [1.82, 2.24) is 5.32 Å². The zero-order valence-corrected chi connectivity index (χ0v) is 14.3. The summed E-state index contributed by atoms with van der Waals surface area (Å²) < 4.78 is 19.3. The first kappa shape index (κ1) is 16.5. The summed E-state index contributed by atoms with van der Waals surface area (Å²) in [5.41, 5.74) is 0.830. The molecule has 3 aromatic rings. The summed E-state index contributed by atoms with van der Waals surface area (Å²) in [5.74, 6) is 0.0829. The number of rotatable bonds is 5. The molecule has 0 aliphatic carbocycles. The second-order valence-electron chi connectivity index (χ2n) is 5.29. The van der Waals surface area contributed by atoms with Gasteiger partial charge in [0.1, 0.15) is 11.6 Å². The Morgan fingerprint density at radius 1 is 1.04 bits per heavy atom. The van der Waals surface area contributed by atoms with E-state index in [1.807, 2.05) is 36.4 Å². The van der Waals surface area contributed by atoms with Gasteiger partial charge in [0.15, 0.2) is 6.61 Å². The highest BCUT2D eigenvalue weighted by Gasteiger charge is 2.08. The summed E-state index contributed by atoms with van der Waals surface area (Å²) in [7, 11) is 0. The second kappa shape index (κ2) is 7.45. The van der Waals surface area contributed by atoms with Crippen molar-refractivity contribution in [3.05, 3.63) is 76.5 Å². The summed E-state index contributed by atoms with van der Waals surface area (Å²) >= 11 is 3.52. The van der Waals surface area contributed by atoms with Crippen LogP contribution in [-0.4, -0.2) is 12.5 Å². The molecule has 0 spiro atoms. The second-order valence-corrected chi connectivity index (χ2v) is 6.08. The van der Waals surface area contributed by atoms with Gasteiger partial charge >= 0.3 is 0 Å². The van der Waals surface area contributed by atoms with E-state index in [9.17, 15) is 9.18 Å². The molecule has 0 aliphatic rings. The van der Waals surface area contributed by atoms with Crippen molar-refractivity contribution in [2.75, 3.05) is 6.61 Å². The molecule has 122 valence electrons. The van der Waals surface area contributed by atoms with Crippen LogP contribution in [0.15, 0.2) is 65.1 Å². The van der Waals surface area contributed by atoms with Crippen LogP contribution in [0.3, 0.4) is 0 Å². The topological polar surface area (TPSA) is 38.3 Å². The molecule has 0 fully saturated rings. The van der Waals surface area contributed by atoms with E-state index in [4.69, 9.17) is 4.74 Å². The highest BCUT2D eigenvalue weighted by Crippen LogP contribution is 2.32. The van der Waals surface area contributed by atoms with Crippen LogP contribution < -0.4 is 10.1 Å². The smallest absolute Gasteiger partial charge is 0.258 e. The summed E-state index contributed by atoms with van der Waals surface area (Å²) in [4.78, 5) is 11.9. The Kier molecular flexibility index (Phi) is 5.11. The molecule has 3 nitrogen and oxygen atoms in total. The number of halogens is 2. The number of carbonyl (C=O) groups is 1. The largest absolute Gasteiger partial charge is 0.483 e. The van der Waals surface area contributed by atoms with E-state index in [1.54, 1.807) is 12.1 Å². The quantitative estimate of drug-likeness (QED) is 0.702. The highest BCUT2D eigenvalue weighted by molar-refractivity contribution is 9.10. The molecule has 1 N–H and O–H groups in total. The average Bonchev–Trinajstić information content (AvgIpc) is 2.61. The van der Waals surface area contributed by atoms with Gasteiger partial charge < -0.3 is 10.1 Å². The number of nitrogens with one attached hydrogen (secondary N) is 1. The van der Waals surface area contributed by atoms with Crippen LogP contribution in [0.25, 0.3) is 10.8 Å². The van der Waals surface area contributed by atoms with Gasteiger partial charge in [0.05, 0.1) is 4.47 Å². The normalized spacial score (nSPS) is 10.6. The van der Waals surface area contributed by atoms with Gasteiger partial charge in [-0.15, -0.1) is 0 Å². The molecule has 0 aliphatic heterocycles. The molecule has 24 heavy (non-hydrogen) atoms. The van der Waals surface area contributed by atoms with Crippen molar-refractivity contribution in [2.24, 2.45) is 0 Å². The monoisotopic (exact) mass is 387 g/mol. The van der Waals surface area contributed by atoms with E-state index in [1.165, 1.54) is 12.1 Å². The number of hydrogen-bond acceptors (Lipinski definition) is 2. The molecule has 0 heterocycles. The summed E-state index contributed by atoms with van der Waals surface area (Å²) in [5, 5.41) is 4.87. The lowest BCUT2D eigenvalue weighted by Gasteiger charge is -2.11. The van der Waals surface area contributed by atoms with Crippen LogP contribution in [0.2, 0.25) is 0 Å². The molecule has 0 saturated carbocycles. The molecule has 0 atom stereocenters. The SMILES string of the molecule is O=C(COc1ccc2ccccc2c1Br)NCc1ccc(F)cc1. The minimum Gasteiger partial charge on any atom is -0.483 e. The molecule has 0 bridgehead atoms. The third kappa shape index (κ3) is 3.92. The maximum absolute atomic E-state index is 12.8. The zero-order valence-electron chi connectivity index (χ0n) is 12.8. The van der Waals surface area contributed by atoms with Crippen LogP contribution in [0, 0.1) is 5.82 Å². The highest BCUT2D eigenvalue weighted by atomic mass is 79.9. The summed E-state index contributed by atoms with van der Waals surface area (Å²) in [6.45, 7) is 0.250. The van der Waals surface area contributed by atoms with Gasteiger partial charge in [-0.3, -0.25) is 4.79 Å². The van der Waals surface area contributed by atoms with Crippen LogP contribution in [0.5, 0.6) is 5.75 Å². The van der Waals surface area contributed by atoms with Gasteiger partial charge in [0, 0.05) is 6.54 Å². The fourth-order valence-corrected chi connectivity index (χ4v) is 2.93. The van der Waals surface area contributed by atoms with E-state index >= 15 is 0 Å². The minimum absolute atomic E-state index is 0.0852. The van der Waals surface area contributed by atoms with Crippen molar-refractivity contribution in [3.63, 3.8) is 0 Å². The first-order valence-corrected chi connectivity index (χ1v) is 8.24. The number of hydrogen-bond donors (Lipinski definition) is 1. The van der Waals surface area contributed by atoms with E-state index in [-0.39, 0.29) is 18.3 Å². The predicted octanol–water partition coefficient (Wildman–Crippen LogP) is 4.44. The Morgan fingerprint density at radius 2 is 1.79 bits per heavy atom. The standard InChI is InChI=1S/C19H15BrFNO2/c20-19-16-4-2-1-3-14(16)7-10-17(19)24-12-18(23)22-11-13-5-8-15(21)9-6-13/h1-10H,11-12H2,(H,22,23). The van der Waals surface area contributed by atoms with Crippen LogP contribution in [-0.2, 0) is 11.3 Å². The van der Waals surface area contributed by atoms with Gasteiger partial charge in [-0.2, -0.15) is 0 Å². The zero-order chi connectivity index (χ0) is 16.9. The van der Waals surface area contributed by atoms with Crippen molar-refractivity contribution < 1.29 is 13.9 Å². The maximum Gasteiger partial charge on any atom is 0.258 e. The Morgan fingerprint density at radius 3 is 2.58 bits per heavy atom. The Balaban J connectivity index is 1.58. The van der Waals surface area contributed by atoms with E-state index < -0.39 is 0 Å². The van der Waals surface area contributed by atoms with Gasteiger partial charge in [-0.1, -0.05) is 42.5 Å². The lowest BCUT2D eigenvalue weighted by Crippen LogP contribution is -2.28. The van der Waals surface area contributed by atoms with Crippen LogP contribution in [0.1, 0.15) is 5.56 Å². The third-order valence-corrected chi connectivity index (χ3v) is 4.41. The van der Waals surface area contributed by atoms with Gasteiger partial charge in [0.2, 0.25) is 0 Å². The van der Waals surface area contributed by atoms with Crippen LogP contribution in [0.4, 0.5) is 4.39 Å². The van der Waals surface area contributed by atoms with E-state index in [0.29, 0.717) is 12.3 Å². The van der Waals surface area contributed by atoms with Crippen molar-refractivity contribution in [1.29, 1.82) is 0 Å². The molecule has 3 rings (SSSR count). The van der Waals surface area contributed by atoms with Crippen molar-refractivity contribution >= 4 is 32.6 Å². The molecule has 0 aromatic heterocycles. The fraction of sp³-hybridized carbons (Fsp3) is 0.105. The lowest BCUT2D eigenvalue weighted by molar-refractivity contribution is -0.123. The van der Waals surface area contributed by atoms with E-state index in [0.717, 1.165) is 20.8 Å². The maximum atomic E-state index is 12.8. The van der Waals surface area contributed by atoms with Gasteiger partial charge in [-0.25, -0.2) is 4.39 Å². The van der Waals surface area contributed by atoms with E-state index in [2.05, 4.69) is 21.2 Å². The summed E-state index contributed by atoms with van der Waals surface area (Å²) in [6.07, 6.45) is 0.